The van der Waals surface area contributed by atoms with Crippen molar-refractivity contribution in [3.05, 3.63) is 63.5 Å². The standard InChI is InChI=1S/C21H25ClN4O4/c1-30-12-11-26-15-16(5-6-19(26)27)21(29)23-14-20(28)25-9-7-24(8-10-25)18-4-2-3-17(22)13-18/h2-6,13,15H,7-12,14H2,1H3,(H,23,29). The number of benzene rings is 1. The van der Waals surface area contributed by atoms with Crippen molar-refractivity contribution >= 4 is 29.1 Å². The highest BCUT2D eigenvalue weighted by Crippen LogP contribution is 2.20. The highest BCUT2D eigenvalue weighted by Gasteiger charge is 2.22. The molecule has 1 aliphatic rings. The van der Waals surface area contributed by atoms with E-state index in [1.807, 2.05) is 24.3 Å². The summed E-state index contributed by atoms with van der Waals surface area (Å²) in [6.45, 7) is 3.17. The van der Waals surface area contributed by atoms with E-state index in [2.05, 4.69) is 10.2 Å². The molecule has 1 saturated heterocycles. The number of pyridine rings is 1. The van der Waals surface area contributed by atoms with Crippen molar-refractivity contribution in [3.63, 3.8) is 0 Å². The van der Waals surface area contributed by atoms with Crippen molar-refractivity contribution < 1.29 is 14.3 Å². The highest BCUT2D eigenvalue weighted by atomic mass is 35.5. The number of nitrogens with zero attached hydrogens (tertiary/aromatic N) is 3. The molecule has 0 bridgehead atoms. The maximum Gasteiger partial charge on any atom is 0.253 e. The summed E-state index contributed by atoms with van der Waals surface area (Å²) in [7, 11) is 1.54. The third-order valence-electron chi connectivity index (χ3n) is 4.99. The maximum absolute atomic E-state index is 12.5. The molecule has 1 fully saturated rings. The number of hydrogen-bond acceptors (Lipinski definition) is 5. The molecule has 1 aliphatic heterocycles. The first-order valence-corrected chi connectivity index (χ1v) is 10.1. The van der Waals surface area contributed by atoms with Gasteiger partial charge in [-0.05, 0) is 24.3 Å². The normalized spacial score (nSPS) is 13.9. The number of halogens is 1. The van der Waals surface area contributed by atoms with Crippen LogP contribution in [0.15, 0.2) is 47.4 Å². The quantitative estimate of drug-likeness (QED) is 0.711. The Kier molecular flexibility index (Phi) is 7.48. The molecule has 160 valence electrons. The Balaban J connectivity index is 1.50. The topological polar surface area (TPSA) is 83.9 Å². The number of ether oxygens (including phenoxy) is 1. The zero-order valence-corrected chi connectivity index (χ0v) is 17.6. The molecule has 3 rings (SSSR count). The minimum absolute atomic E-state index is 0.0901. The average molecular weight is 433 g/mol. The largest absolute Gasteiger partial charge is 0.383 e. The van der Waals surface area contributed by atoms with E-state index in [-0.39, 0.29) is 18.0 Å². The number of amides is 2. The summed E-state index contributed by atoms with van der Waals surface area (Å²) in [5.74, 6) is -0.533. The van der Waals surface area contributed by atoms with Crippen LogP contribution in [0.2, 0.25) is 5.02 Å². The van der Waals surface area contributed by atoms with E-state index in [1.165, 1.54) is 22.9 Å². The number of hydrogen-bond donors (Lipinski definition) is 1. The molecular formula is C21H25ClN4O4. The Bertz CT molecular complexity index is 954. The SMILES string of the molecule is COCCn1cc(C(=O)NCC(=O)N2CCN(c3cccc(Cl)c3)CC2)ccc1=O. The average Bonchev–Trinajstić information content (AvgIpc) is 2.76. The van der Waals surface area contributed by atoms with E-state index >= 15 is 0 Å². The van der Waals surface area contributed by atoms with Gasteiger partial charge >= 0.3 is 0 Å². The Morgan fingerprint density at radius 3 is 2.60 bits per heavy atom. The zero-order chi connectivity index (χ0) is 21.5. The van der Waals surface area contributed by atoms with Gasteiger partial charge in [0.25, 0.3) is 11.5 Å². The lowest BCUT2D eigenvalue weighted by Crippen LogP contribution is -2.51. The first kappa shape index (κ1) is 21.9. The molecule has 9 heteroatoms. The molecule has 0 unspecified atom stereocenters. The molecule has 1 aromatic carbocycles. The van der Waals surface area contributed by atoms with Gasteiger partial charge in [-0.15, -0.1) is 0 Å². The van der Waals surface area contributed by atoms with Gasteiger partial charge < -0.3 is 24.4 Å². The number of carbonyl (C=O) groups is 2. The second kappa shape index (κ2) is 10.3. The van der Waals surface area contributed by atoms with Crippen molar-refractivity contribution in [2.45, 2.75) is 6.54 Å². The van der Waals surface area contributed by atoms with Crippen molar-refractivity contribution in [2.24, 2.45) is 0 Å². The summed E-state index contributed by atoms with van der Waals surface area (Å²) in [6, 6.07) is 10.4. The summed E-state index contributed by atoms with van der Waals surface area (Å²) >= 11 is 6.05. The van der Waals surface area contributed by atoms with E-state index in [0.29, 0.717) is 49.9 Å². The molecule has 8 nitrogen and oxygen atoms in total. The van der Waals surface area contributed by atoms with Crippen LogP contribution < -0.4 is 15.8 Å². The molecule has 1 N–H and O–H groups in total. The molecule has 2 amide bonds. The maximum atomic E-state index is 12.5. The van der Waals surface area contributed by atoms with Crippen LogP contribution in [-0.4, -0.2) is 67.7 Å². The van der Waals surface area contributed by atoms with Gasteiger partial charge in [0.15, 0.2) is 0 Å². The molecular weight excluding hydrogens is 408 g/mol. The molecule has 0 aliphatic carbocycles. The number of aromatic nitrogens is 1. The number of anilines is 1. The molecule has 30 heavy (non-hydrogen) atoms. The first-order chi connectivity index (χ1) is 14.5. The molecule has 2 heterocycles. The van der Waals surface area contributed by atoms with Crippen LogP contribution in [0.4, 0.5) is 5.69 Å². The molecule has 0 radical (unpaired) electrons. The predicted octanol–water partition coefficient (Wildman–Crippen LogP) is 1.23. The fourth-order valence-electron chi connectivity index (χ4n) is 3.29. The fraction of sp³-hybridized carbons (Fsp3) is 0.381. The van der Waals surface area contributed by atoms with Crippen molar-refractivity contribution in [2.75, 3.05) is 51.3 Å². The number of carbonyl (C=O) groups excluding carboxylic acids is 2. The minimum atomic E-state index is -0.396. The lowest BCUT2D eigenvalue weighted by atomic mass is 10.2. The van der Waals surface area contributed by atoms with Crippen molar-refractivity contribution in [1.82, 2.24) is 14.8 Å². The van der Waals surface area contributed by atoms with Crippen LogP contribution in [0.3, 0.4) is 0 Å². The van der Waals surface area contributed by atoms with Gasteiger partial charge in [0.2, 0.25) is 5.91 Å². The third kappa shape index (κ3) is 5.61. The highest BCUT2D eigenvalue weighted by molar-refractivity contribution is 6.30. The first-order valence-electron chi connectivity index (χ1n) is 9.74. The van der Waals surface area contributed by atoms with E-state index in [9.17, 15) is 14.4 Å². The van der Waals surface area contributed by atoms with Gasteiger partial charge in [0, 0.05) is 62.8 Å². The minimum Gasteiger partial charge on any atom is -0.383 e. The lowest BCUT2D eigenvalue weighted by molar-refractivity contribution is -0.130. The summed E-state index contributed by atoms with van der Waals surface area (Å²) in [4.78, 5) is 40.6. The van der Waals surface area contributed by atoms with Gasteiger partial charge in [-0.25, -0.2) is 0 Å². The summed E-state index contributed by atoms with van der Waals surface area (Å²) in [5, 5.41) is 3.32. The summed E-state index contributed by atoms with van der Waals surface area (Å²) in [6.07, 6.45) is 1.48. The van der Waals surface area contributed by atoms with Crippen LogP contribution in [0.5, 0.6) is 0 Å². The number of nitrogens with one attached hydrogen (secondary N) is 1. The lowest BCUT2D eigenvalue weighted by Gasteiger charge is -2.36. The second-order valence-corrected chi connectivity index (χ2v) is 7.41. The second-order valence-electron chi connectivity index (χ2n) is 6.97. The van der Waals surface area contributed by atoms with Crippen LogP contribution in [0, 0.1) is 0 Å². The van der Waals surface area contributed by atoms with Crippen LogP contribution >= 0.6 is 11.6 Å². The van der Waals surface area contributed by atoms with E-state index < -0.39 is 5.91 Å². The summed E-state index contributed by atoms with van der Waals surface area (Å²) < 4.78 is 6.38. The Morgan fingerprint density at radius 1 is 1.13 bits per heavy atom. The fourth-order valence-corrected chi connectivity index (χ4v) is 3.47. The third-order valence-corrected chi connectivity index (χ3v) is 5.22. The monoisotopic (exact) mass is 432 g/mol. The van der Waals surface area contributed by atoms with E-state index in [1.54, 1.807) is 12.0 Å². The molecule has 0 atom stereocenters. The van der Waals surface area contributed by atoms with Crippen LogP contribution in [0.25, 0.3) is 0 Å². The van der Waals surface area contributed by atoms with Crippen molar-refractivity contribution in [3.8, 4) is 0 Å². The van der Waals surface area contributed by atoms with Gasteiger partial charge in [-0.3, -0.25) is 14.4 Å². The summed E-state index contributed by atoms with van der Waals surface area (Å²) in [5.41, 5.74) is 1.15. The number of piperazine rings is 1. The number of rotatable bonds is 7. The Hall–Kier alpha value is -2.84. The van der Waals surface area contributed by atoms with Gasteiger partial charge in [-0.2, -0.15) is 0 Å². The molecule has 0 spiro atoms. The van der Waals surface area contributed by atoms with Gasteiger partial charge in [-0.1, -0.05) is 17.7 Å². The van der Waals surface area contributed by atoms with Crippen LogP contribution in [-0.2, 0) is 16.1 Å². The molecule has 0 saturated carbocycles. The van der Waals surface area contributed by atoms with Gasteiger partial charge in [0.1, 0.15) is 0 Å². The number of methoxy groups -OCH3 is 1. The van der Waals surface area contributed by atoms with Crippen LogP contribution in [0.1, 0.15) is 10.4 Å². The Morgan fingerprint density at radius 2 is 1.90 bits per heavy atom. The van der Waals surface area contributed by atoms with Crippen molar-refractivity contribution in [1.29, 1.82) is 0 Å². The van der Waals surface area contributed by atoms with E-state index in [4.69, 9.17) is 16.3 Å². The predicted molar refractivity (Wildman–Crippen MR) is 115 cm³/mol. The van der Waals surface area contributed by atoms with E-state index in [0.717, 1.165) is 5.69 Å². The smallest absolute Gasteiger partial charge is 0.253 e. The van der Waals surface area contributed by atoms with Gasteiger partial charge in [0.05, 0.1) is 18.7 Å². The molecule has 2 aromatic rings. The Labute approximate surface area is 180 Å². The molecule has 1 aromatic heterocycles. The zero-order valence-electron chi connectivity index (χ0n) is 16.8.